The van der Waals surface area contributed by atoms with Crippen LogP contribution >= 0.6 is 11.3 Å². The molecular weight excluding hydrogens is 264 g/mol. The summed E-state index contributed by atoms with van der Waals surface area (Å²) >= 11 is 1.82. The maximum atomic E-state index is 4.84. The number of benzene rings is 1. The molecule has 1 aromatic carbocycles. The van der Waals surface area contributed by atoms with Gasteiger partial charge in [-0.2, -0.15) is 0 Å². The minimum absolute atomic E-state index is 0.222. The van der Waals surface area contributed by atoms with Gasteiger partial charge >= 0.3 is 0 Å². The Morgan fingerprint density at radius 3 is 2.40 bits per heavy atom. The summed E-state index contributed by atoms with van der Waals surface area (Å²) in [6, 6.07) is 9.00. The molecule has 3 heteroatoms. The SMILES string of the molecule is CCCNC(c1ccc(C)cc1)c1nc(CC)c(C)s1. The number of nitrogens with one attached hydrogen (secondary N) is 1. The molecule has 0 radical (unpaired) electrons. The summed E-state index contributed by atoms with van der Waals surface area (Å²) in [5, 5.41) is 4.83. The van der Waals surface area contributed by atoms with Crippen molar-refractivity contribution >= 4 is 11.3 Å². The van der Waals surface area contributed by atoms with E-state index in [2.05, 4.69) is 57.3 Å². The number of thiazole rings is 1. The predicted octanol–water partition coefficient (Wildman–Crippen LogP) is 4.41. The molecule has 1 atom stereocenters. The summed E-state index contributed by atoms with van der Waals surface area (Å²) in [5.41, 5.74) is 3.84. The molecule has 0 spiro atoms. The molecule has 2 rings (SSSR count). The van der Waals surface area contributed by atoms with Crippen LogP contribution in [-0.4, -0.2) is 11.5 Å². The molecule has 1 unspecified atom stereocenters. The van der Waals surface area contributed by atoms with Crippen LogP contribution in [0.5, 0.6) is 0 Å². The maximum absolute atomic E-state index is 4.84. The van der Waals surface area contributed by atoms with E-state index >= 15 is 0 Å². The first kappa shape index (κ1) is 15.2. The molecule has 2 nitrogen and oxygen atoms in total. The number of aryl methyl sites for hydroxylation is 3. The van der Waals surface area contributed by atoms with E-state index in [1.807, 2.05) is 11.3 Å². The van der Waals surface area contributed by atoms with E-state index in [-0.39, 0.29) is 6.04 Å². The van der Waals surface area contributed by atoms with Crippen LogP contribution in [-0.2, 0) is 6.42 Å². The number of rotatable bonds is 6. The van der Waals surface area contributed by atoms with Crippen molar-refractivity contribution in [1.29, 1.82) is 0 Å². The molecule has 1 aromatic heterocycles. The van der Waals surface area contributed by atoms with E-state index in [9.17, 15) is 0 Å². The van der Waals surface area contributed by atoms with Gasteiger partial charge in [0.15, 0.2) is 0 Å². The summed E-state index contributed by atoms with van der Waals surface area (Å²) in [7, 11) is 0. The van der Waals surface area contributed by atoms with Gasteiger partial charge in [-0.25, -0.2) is 4.98 Å². The third-order valence-electron chi connectivity index (χ3n) is 3.50. The second-order valence-corrected chi connectivity index (χ2v) is 6.44. The van der Waals surface area contributed by atoms with E-state index < -0.39 is 0 Å². The maximum Gasteiger partial charge on any atom is 0.115 e. The zero-order chi connectivity index (χ0) is 14.5. The highest BCUT2D eigenvalue weighted by Crippen LogP contribution is 2.28. The molecule has 0 bridgehead atoms. The van der Waals surface area contributed by atoms with Crippen molar-refractivity contribution in [3.8, 4) is 0 Å². The number of nitrogens with zero attached hydrogens (tertiary/aromatic N) is 1. The van der Waals surface area contributed by atoms with Crippen LogP contribution in [0.3, 0.4) is 0 Å². The van der Waals surface area contributed by atoms with Crippen LogP contribution in [0.15, 0.2) is 24.3 Å². The van der Waals surface area contributed by atoms with Crippen molar-refractivity contribution in [3.05, 3.63) is 51.0 Å². The standard InChI is InChI=1S/C17H24N2S/c1-5-11-18-16(14-9-7-12(3)8-10-14)17-19-15(6-2)13(4)20-17/h7-10,16,18H,5-6,11H2,1-4H3. The Kier molecular flexibility index (Phi) is 5.32. The predicted molar refractivity (Wildman–Crippen MR) is 87.5 cm³/mol. The van der Waals surface area contributed by atoms with Crippen LogP contribution in [0.25, 0.3) is 0 Å². The molecule has 0 fully saturated rings. The smallest absolute Gasteiger partial charge is 0.115 e. The minimum Gasteiger partial charge on any atom is -0.304 e. The quantitative estimate of drug-likeness (QED) is 0.851. The monoisotopic (exact) mass is 288 g/mol. The third kappa shape index (κ3) is 3.47. The first-order chi connectivity index (χ1) is 9.65. The van der Waals surface area contributed by atoms with Crippen molar-refractivity contribution < 1.29 is 0 Å². The Bertz CT molecular complexity index is 543. The van der Waals surface area contributed by atoms with Crippen LogP contribution in [0.4, 0.5) is 0 Å². The molecule has 108 valence electrons. The highest BCUT2D eigenvalue weighted by Gasteiger charge is 2.18. The van der Waals surface area contributed by atoms with Gasteiger partial charge in [-0.15, -0.1) is 11.3 Å². The fraction of sp³-hybridized carbons (Fsp3) is 0.471. The molecule has 0 saturated carbocycles. The van der Waals surface area contributed by atoms with Crippen LogP contribution in [0.1, 0.15) is 53.0 Å². The van der Waals surface area contributed by atoms with Gasteiger partial charge < -0.3 is 5.32 Å². The van der Waals surface area contributed by atoms with Gasteiger partial charge in [0.1, 0.15) is 5.01 Å². The zero-order valence-corrected chi connectivity index (χ0v) is 13.7. The van der Waals surface area contributed by atoms with Gasteiger partial charge in [0.05, 0.1) is 11.7 Å². The molecule has 20 heavy (non-hydrogen) atoms. The van der Waals surface area contributed by atoms with E-state index in [0.717, 1.165) is 19.4 Å². The number of aromatic nitrogens is 1. The average molecular weight is 288 g/mol. The van der Waals surface area contributed by atoms with E-state index in [1.54, 1.807) is 0 Å². The molecule has 0 saturated heterocycles. The molecule has 0 aliphatic rings. The van der Waals surface area contributed by atoms with Gasteiger partial charge in [0.25, 0.3) is 0 Å². The van der Waals surface area contributed by atoms with Crippen molar-refractivity contribution in [2.45, 2.75) is 46.6 Å². The molecular formula is C17H24N2S. The largest absolute Gasteiger partial charge is 0.304 e. The van der Waals surface area contributed by atoms with E-state index in [1.165, 1.54) is 26.7 Å². The van der Waals surface area contributed by atoms with Crippen LogP contribution in [0, 0.1) is 13.8 Å². The lowest BCUT2D eigenvalue weighted by Crippen LogP contribution is -2.23. The van der Waals surface area contributed by atoms with Crippen LogP contribution in [0.2, 0.25) is 0 Å². The highest BCUT2D eigenvalue weighted by atomic mass is 32.1. The van der Waals surface area contributed by atoms with E-state index in [4.69, 9.17) is 4.98 Å². The minimum atomic E-state index is 0.222. The summed E-state index contributed by atoms with van der Waals surface area (Å²) in [5.74, 6) is 0. The Morgan fingerprint density at radius 1 is 1.15 bits per heavy atom. The molecule has 0 amide bonds. The van der Waals surface area contributed by atoms with Gasteiger partial charge in [0.2, 0.25) is 0 Å². The van der Waals surface area contributed by atoms with Gasteiger partial charge in [-0.05, 0) is 38.8 Å². The third-order valence-corrected chi connectivity index (χ3v) is 4.58. The number of hydrogen-bond acceptors (Lipinski definition) is 3. The molecule has 0 aliphatic heterocycles. The van der Waals surface area contributed by atoms with Crippen molar-refractivity contribution in [3.63, 3.8) is 0 Å². The van der Waals surface area contributed by atoms with Crippen molar-refractivity contribution in [1.82, 2.24) is 10.3 Å². The average Bonchev–Trinajstić information content (AvgIpc) is 2.82. The Morgan fingerprint density at radius 2 is 1.85 bits per heavy atom. The Hall–Kier alpha value is -1.19. The second-order valence-electron chi connectivity index (χ2n) is 5.21. The van der Waals surface area contributed by atoms with Gasteiger partial charge in [-0.1, -0.05) is 43.7 Å². The number of hydrogen-bond donors (Lipinski definition) is 1. The lowest BCUT2D eigenvalue weighted by Gasteiger charge is -2.17. The molecule has 2 aromatic rings. The van der Waals surface area contributed by atoms with Crippen LogP contribution < -0.4 is 5.32 Å². The Balaban J connectivity index is 2.33. The normalized spacial score (nSPS) is 12.6. The first-order valence-corrected chi connectivity index (χ1v) is 8.23. The Labute approximate surface area is 126 Å². The zero-order valence-electron chi connectivity index (χ0n) is 12.9. The fourth-order valence-electron chi connectivity index (χ4n) is 2.30. The first-order valence-electron chi connectivity index (χ1n) is 7.41. The van der Waals surface area contributed by atoms with Gasteiger partial charge in [-0.3, -0.25) is 0 Å². The molecule has 1 N–H and O–H groups in total. The summed E-state index contributed by atoms with van der Waals surface area (Å²) < 4.78 is 0. The molecule has 1 heterocycles. The molecule has 0 aliphatic carbocycles. The van der Waals surface area contributed by atoms with Gasteiger partial charge in [0, 0.05) is 4.88 Å². The topological polar surface area (TPSA) is 24.9 Å². The van der Waals surface area contributed by atoms with Crippen molar-refractivity contribution in [2.24, 2.45) is 0 Å². The second kappa shape index (κ2) is 7.00. The van der Waals surface area contributed by atoms with E-state index in [0.29, 0.717) is 0 Å². The fourth-order valence-corrected chi connectivity index (χ4v) is 3.41. The van der Waals surface area contributed by atoms with Crippen molar-refractivity contribution in [2.75, 3.05) is 6.54 Å². The highest BCUT2D eigenvalue weighted by molar-refractivity contribution is 7.11. The summed E-state index contributed by atoms with van der Waals surface area (Å²) in [4.78, 5) is 6.18. The summed E-state index contributed by atoms with van der Waals surface area (Å²) in [6.45, 7) is 9.68. The lowest BCUT2D eigenvalue weighted by atomic mass is 10.1. The summed E-state index contributed by atoms with van der Waals surface area (Å²) in [6.07, 6.45) is 2.14. The lowest BCUT2D eigenvalue weighted by molar-refractivity contribution is 0.594.